The Balaban J connectivity index is 2.26. The Labute approximate surface area is 90.1 Å². The Hall–Kier alpha value is -1.51. The fourth-order valence-electron chi connectivity index (χ4n) is 1.32. The van der Waals surface area contributed by atoms with Crippen LogP contribution in [0, 0.1) is 0 Å². The minimum absolute atomic E-state index is 0.108. The molecule has 0 fully saturated rings. The number of aromatic hydroxyl groups is 1. The van der Waals surface area contributed by atoms with E-state index in [9.17, 15) is 4.79 Å². The lowest BCUT2D eigenvalue weighted by Gasteiger charge is -2.04. The van der Waals surface area contributed by atoms with Crippen molar-refractivity contribution in [2.75, 3.05) is 6.54 Å². The first-order valence-electron chi connectivity index (χ1n) is 5.27. The highest BCUT2D eigenvalue weighted by Gasteiger charge is 1.98. The lowest BCUT2D eigenvalue weighted by Crippen LogP contribution is -2.25. The van der Waals surface area contributed by atoms with Crippen molar-refractivity contribution in [2.45, 2.75) is 26.2 Å². The van der Waals surface area contributed by atoms with Crippen molar-refractivity contribution in [1.82, 2.24) is 5.32 Å². The van der Waals surface area contributed by atoms with Gasteiger partial charge in [-0.2, -0.15) is 0 Å². The summed E-state index contributed by atoms with van der Waals surface area (Å²) >= 11 is 0. The molecule has 3 heteroatoms. The molecule has 0 radical (unpaired) electrons. The van der Waals surface area contributed by atoms with Crippen LogP contribution < -0.4 is 5.32 Å². The van der Waals surface area contributed by atoms with Crippen molar-refractivity contribution in [3.05, 3.63) is 29.8 Å². The van der Waals surface area contributed by atoms with Crippen molar-refractivity contribution in [3.63, 3.8) is 0 Å². The van der Waals surface area contributed by atoms with Crippen LogP contribution >= 0.6 is 0 Å². The number of hydrogen-bond donors (Lipinski definition) is 2. The number of carbonyl (C=O) groups excluding carboxylic acids is 1. The lowest BCUT2D eigenvalue weighted by molar-refractivity contribution is -0.121. The molecule has 0 heterocycles. The molecule has 3 nitrogen and oxygen atoms in total. The third kappa shape index (κ3) is 4.49. The Bertz CT molecular complexity index is 306. The second kappa shape index (κ2) is 6.06. The third-order valence-electron chi connectivity index (χ3n) is 2.15. The van der Waals surface area contributed by atoms with Gasteiger partial charge in [0.1, 0.15) is 5.75 Å². The number of phenolic OH excluding ortho intramolecular Hbond substituents is 1. The van der Waals surface area contributed by atoms with Gasteiger partial charge in [-0.05, 0) is 30.5 Å². The normalized spacial score (nSPS) is 9.93. The van der Waals surface area contributed by atoms with Gasteiger partial charge in [-0.15, -0.1) is 0 Å². The average Bonchev–Trinajstić information content (AvgIpc) is 2.21. The van der Waals surface area contributed by atoms with E-state index in [-0.39, 0.29) is 11.7 Å². The first-order chi connectivity index (χ1) is 7.22. The van der Waals surface area contributed by atoms with Crippen molar-refractivity contribution < 1.29 is 9.90 Å². The zero-order valence-electron chi connectivity index (χ0n) is 8.99. The summed E-state index contributed by atoms with van der Waals surface area (Å²) in [5, 5.41) is 11.9. The van der Waals surface area contributed by atoms with Crippen LogP contribution in [0.5, 0.6) is 5.75 Å². The van der Waals surface area contributed by atoms with Gasteiger partial charge >= 0.3 is 0 Å². The molecule has 0 bridgehead atoms. The Morgan fingerprint density at radius 1 is 1.33 bits per heavy atom. The van der Waals surface area contributed by atoms with Gasteiger partial charge in [-0.1, -0.05) is 19.1 Å². The maximum atomic E-state index is 11.1. The predicted molar refractivity (Wildman–Crippen MR) is 59.7 cm³/mol. The smallest absolute Gasteiger partial charge is 0.219 e. The standard InChI is InChI=1S/C12H17NO2/c1-2-3-12(15)13-9-8-10-4-6-11(14)7-5-10/h4-7,14H,2-3,8-9H2,1H3,(H,13,15). The monoisotopic (exact) mass is 207 g/mol. The minimum Gasteiger partial charge on any atom is -0.508 e. The number of rotatable bonds is 5. The van der Waals surface area contributed by atoms with Gasteiger partial charge in [0, 0.05) is 13.0 Å². The lowest BCUT2D eigenvalue weighted by atomic mass is 10.1. The molecule has 1 aromatic rings. The van der Waals surface area contributed by atoms with Crippen molar-refractivity contribution in [1.29, 1.82) is 0 Å². The number of phenols is 1. The van der Waals surface area contributed by atoms with Crippen LogP contribution in [0.4, 0.5) is 0 Å². The molecular formula is C12H17NO2. The maximum Gasteiger partial charge on any atom is 0.219 e. The summed E-state index contributed by atoms with van der Waals surface area (Å²) < 4.78 is 0. The van der Waals surface area contributed by atoms with Gasteiger partial charge in [0.05, 0.1) is 0 Å². The highest BCUT2D eigenvalue weighted by molar-refractivity contribution is 5.75. The van der Waals surface area contributed by atoms with Crippen LogP contribution in [-0.2, 0) is 11.2 Å². The predicted octanol–water partition coefficient (Wildman–Crippen LogP) is 1.85. The molecule has 0 aliphatic rings. The topological polar surface area (TPSA) is 49.3 Å². The van der Waals surface area contributed by atoms with Gasteiger partial charge in [-0.25, -0.2) is 0 Å². The number of hydrogen-bond acceptors (Lipinski definition) is 2. The van der Waals surface area contributed by atoms with Crippen molar-refractivity contribution in [2.24, 2.45) is 0 Å². The molecule has 0 aliphatic heterocycles. The highest BCUT2D eigenvalue weighted by Crippen LogP contribution is 2.09. The molecule has 0 spiro atoms. The zero-order chi connectivity index (χ0) is 11.1. The fraction of sp³-hybridized carbons (Fsp3) is 0.417. The molecule has 2 N–H and O–H groups in total. The Morgan fingerprint density at radius 2 is 2.00 bits per heavy atom. The van der Waals surface area contributed by atoms with E-state index in [1.165, 1.54) is 0 Å². The summed E-state index contributed by atoms with van der Waals surface area (Å²) in [5.74, 6) is 0.380. The number of amides is 1. The molecule has 1 aromatic carbocycles. The zero-order valence-corrected chi connectivity index (χ0v) is 8.99. The SMILES string of the molecule is CCCC(=O)NCCc1ccc(O)cc1. The molecule has 0 aromatic heterocycles. The molecule has 0 unspecified atom stereocenters. The van der Waals surface area contributed by atoms with Crippen LogP contribution in [0.25, 0.3) is 0 Å². The summed E-state index contributed by atoms with van der Waals surface area (Å²) in [7, 11) is 0. The van der Waals surface area contributed by atoms with E-state index in [0.717, 1.165) is 18.4 Å². The molecule has 0 saturated heterocycles. The van der Waals surface area contributed by atoms with E-state index in [2.05, 4.69) is 5.32 Å². The van der Waals surface area contributed by atoms with E-state index in [4.69, 9.17) is 5.11 Å². The molecule has 15 heavy (non-hydrogen) atoms. The molecule has 1 rings (SSSR count). The van der Waals surface area contributed by atoms with Crippen LogP contribution in [0.3, 0.4) is 0 Å². The van der Waals surface area contributed by atoms with E-state index in [0.29, 0.717) is 13.0 Å². The van der Waals surface area contributed by atoms with Crippen LogP contribution in [0.2, 0.25) is 0 Å². The van der Waals surface area contributed by atoms with Crippen molar-refractivity contribution >= 4 is 5.91 Å². The van der Waals surface area contributed by atoms with E-state index >= 15 is 0 Å². The molecule has 0 atom stereocenters. The molecule has 82 valence electrons. The summed E-state index contributed by atoms with van der Waals surface area (Å²) in [4.78, 5) is 11.1. The molecular weight excluding hydrogens is 190 g/mol. The summed E-state index contributed by atoms with van der Waals surface area (Å²) in [6.07, 6.45) is 2.27. The summed E-state index contributed by atoms with van der Waals surface area (Å²) in [6, 6.07) is 7.04. The van der Waals surface area contributed by atoms with Gasteiger partial charge in [-0.3, -0.25) is 4.79 Å². The highest BCUT2D eigenvalue weighted by atomic mass is 16.3. The summed E-state index contributed by atoms with van der Waals surface area (Å²) in [5.41, 5.74) is 1.12. The van der Waals surface area contributed by atoms with Crippen molar-refractivity contribution in [3.8, 4) is 5.75 Å². The average molecular weight is 207 g/mol. The second-order valence-corrected chi connectivity index (χ2v) is 3.52. The van der Waals surface area contributed by atoms with E-state index in [1.54, 1.807) is 12.1 Å². The van der Waals surface area contributed by atoms with E-state index < -0.39 is 0 Å². The second-order valence-electron chi connectivity index (χ2n) is 3.52. The number of benzene rings is 1. The first kappa shape index (κ1) is 11.6. The van der Waals surface area contributed by atoms with Gasteiger partial charge in [0.25, 0.3) is 0 Å². The third-order valence-corrected chi connectivity index (χ3v) is 2.15. The van der Waals surface area contributed by atoms with Crippen LogP contribution in [0.15, 0.2) is 24.3 Å². The summed E-state index contributed by atoms with van der Waals surface area (Å²) in [6.45, 7) is 2.64. The quantitative estimate of drug-likeness (QED) is 0.774. The Kier molecular flexibility index (Phi) is 4.68. The molecule has 0 aliphatic carbocycles. The van der Waals surface area contributed by atoms with Crippen LogP contribution in [0.1, 0.15) is 25.3 Å². The fourth-order valence-corrected chi connectivity index (χ4v) is 1.32. The Morgan fingerprint density at radius 3 is 2.60 bits per heavy atom. The van der Waals surface area contributed by atoms with Gasteiger partial charge in [0.15, 0.2) is 0 Å². The number of carbonyl (C=O) groups is 1. The van der Waals surface area contributed by atoms with Crippen LogP contribution in [-0.4, -0.2) is 17.6 Å². The molecule has 1 amide bonds. The maximum absolute atomic E-state index is 11.1. The minimum atomic E-state index is 0.108. The first-order valence-corrected chi connectivity index (χ1v) is 5.27. The molecule has 0 saturated carbocycles. The largest absolute Gasteiger partial charge is 0.508 e. The van der Waals surface area contributed by atoms with E-state index in [1.807, 2.05) is 19.1 Å². The van der Waals surface area contributed by atoms with Gasteiger partial charge in [0.2, 0.25) is 5.91 Å². The van der Waals surface area contributed by atoms with Gasteiger partial charge < -0.3 is 10.4 Å². The number of nitrogens with one attached hydrogen (secondary N) is 1.